The highest BCUT2D eigenvalue weighted by molar-refractivity contribution is 7.99. The summed E-state index contributed by atoms with van der Waals surface area (Å²) in [4.78, 5) is 17.0. The van der Waals surface area contributed by atoms with Crippen molar-refractivity contribution in [2.75, 3.05) is 5.75 Å². The zero-order valence-corrected chi connectivity index (χ0v) is 17.9. The molecule has 0 fully saturated rings. The van der Waals surface area contributed by atoms with Crippen LogP contribution < -0.4 is 5.43 Å². The first-order valence-electron chi connectivity index (χ1n) is 9.36. The van der Waals surface area contributed by atoms with Crippen molar-refractivity contribution < 1.29 is 4.79 Å². The zero-order valence-electron chi connectivity index (χ0n) is 16.3. The second kappa shape index (κ2) is 9.19. The number of imidazole rings is 1. The second-order valence-electron chi connectivity index (χ2n) is 6.72. The molecule has 8 heteroatoms. The molecule has 4 rings (SSSR count). The Labute approximate surface area is 183 Å². The van der Waals surface area contributed by atoms with Crippen molar-refractivity contribution in [3.05, 3.63) is 83.1 Å². The molecular weight excluding hydrogens is 418 g/mol. The van der Waals surface area contributed by atoms with Gasteiger partial charge in [-0.2, -0.15) is 5.10 Å². The number of aromatic nitrogens is 3. The van der Waals surface area contributed by atoms with Crippen LogP contribution in [0.4, 0.5) is 0 Å². The number of nitrogens with one attached hydrogen (secondary N) is 1. The maximum atomic E-state index is 12.2. The number of carbonyl (C=O) groups excluding carboxylic acids is 1. The van der Waals surface area contributed by atoms with Crippen LogP contribution in [-0.2, 0) is 18.4 Å². The summed E-state index contributed by atoms with van der Waals surface area (Å²) >= 11 is 7.40. The number of hydrogen-bond acceptors (Lipinski definition) is 4. The SMILES string of the molecule is Cn1cccc1/C=N/NC(=O)CSc1nc2ccccc2n1Cc1ccc(Cl)cc1. The Bertz CT molecular complexity index is 1200. The van der Waals surface area contributed by atoms with E-state index in [1.54, 1.807) is 6.21 Å². The highest BCUT2D eigenvalue weighted by Gasteiger charge is 2.13. The highest BCUT2D eigenvalue weighted by Crippen LogP contribution is 2.25. The number of hydrogen-bond donors (Lipinski definition) is 1. The molecular formula is C22H20ClN5OS. The van der Waals surface area contributed by atoms with Gasteiger partial charge in [0.15, 0.2) is 5.16 Å². The first kappa shape index (κ1) is 20.3. The number of halogens is 1. The number of rotatable bonds is 7. The minimum atomic E-state index is -0.185. The third kappa shape index (κ3) is 4.75. The topological polar surface area (TPSA) is 64.2 Å². The van der Waals surface area contributed by atoms with E-state index in [2.05, 4.69) is 15.1 Å². The second-order valence-corrected chi connectivity index (χ2v) is 8.10. The van der Waals surface area contributed by atoms with E-state index in [4.69, 9.17) is 16.6 Å². The molecule has 4 aromatic rings. The lowest BCUT2D eigenvalue weighted by atomic mass is 10.2. The van der Waals surface area contributed by atoms with Crippen LogP contribution in [0.5, 0.6) is 0 Å². The first-order chi connectivity index (χ1) is 14.6. The molecule has 1 N–H and O–H groups in total. The molecule has 6 nitrogen and oxygen atoms in total. The summed E-state index contributed by atoms with van der Waals surface area (Å²) in [5.74, 6) is 0.0320. The maximum Gasteiger partial charge on any atom is 0.250 e. The van der Waals surface area contributed by atoms with Gasteiger partial charge in [-0.05, 0) is 42.0 Å². The molecule has 0 saturated carbocycles. The fourth-order valence-electron chi connectivity index (χ4n) is 3.03. The summed E-state index contributed by atoms with van der Waals surface area (Å²) in [5.41, 5.74) is 6.52. The Hall–Kier alpha value is -3.03. The molecule has 0 saturated heterocycles. The van der Waals surface area contributed by atoms with Crippen molar-refractivity contribution in [1.29, 1.82) is 0 Å². The third-order valence-electron chi connectivity index (χ3n) is 4.58. The molecule has 1 amide bonds. The van der Waals surface area contributed by atoms with Crippen LogP contribution in [0, 0.1) is 0 Å². The smallest absolute Gasteiger partial charge is 0.250 e. The Morgan fingerprint density at radius 1 is 1.17 bits per heavy atom. The van der Waals surface area contributed by atoms with E-state index in [0.717, 1.165) is 27.4 Å². The quantitative estimate of drug-likeness (QED) is 0.266. The number of aryl methyl sites for hydroxylation is 1. The number of benzene rings is 2. The van der Waals surface area contributed by atoms with E-state index in [1.165, 1.54) is 11.8 Å². The molecule has 0 radical (unpaired) electrons. The summed E-state index contributed by atoms with van der Waals surface area (Å²) in [6.07, 6.45) is 3.54. The van der Waals surface area contributed by atoms with Crippen molar-refractivity contribution in [3.63, 3.8) is 0 Å². The van der Waals surface area contributed by atoms with E-state index in [9.17, 15) is 4.79 Å². The number of fused-ring (bicyclic) bond motifs is 1. The summed E-state index contributed by atoms with van der Waals surface area (Å²) < 4.78 is 4.04. The van der Waals surface area contributed by atoms with Crippen molar-refractivity contribution in [2.45, 2.75) is 11.7 Å². The van der Waals surface area contributed by atoms with E-state index in [1.807, 2.05) is 78.5 Å². The van der Waals surface area contributed by atoms with Crippen LogP contribution in [0.15, 0.2) is 77.1 Å². The van der Waals surface area contributed by atoms with Crippen molar-refractivity contribution in [3.8, 4) is 0 Å². The molecule has 2 aromatic heterocycles. The average molecular weight is 438 g/mol. The third-order valence-corrected chi connectivity index (χ3v) is 5.80. The van der Waals surface area contributed by atoms with Gasteiger partial charge in [0, 0.05) is 18.3 Å². The molecule has 2 heterocycles. The predicted octanol–water partition coefficient (Wildman–Crippen LogP) is 4.32. The van der Waals surface area contributed by atoms with Gasteiger partial charge in [-0.15, -0.1) is 0 Å². The summed E-state index contributed by atoms with van der Waals surface area (Å²) in [7, 11) is 1.92. The van der Waals surface area contributed by atoms with Gasteiger partial charge in [-0.3, -0.25) is 4.79 Å². The van der Waals surface area contributed by atoms with Crippen molar-refractivity contribution >= 4 is 46.5 Å². The molecule has 0 atom stereocenters. The number of thioether (sulfide) groups is 1. The summed E-state index contributed by atoms with van der Waals surface area (Å²) in [6, 6.07) is 19.5. The van der Waals surface area contributed by atoms with E-state index >= 15 is 0 Å². The molecule has 152 valence electrons. The lowest BCUT2D eigenvalue weighted by molar-refractivity contribution is -0.118. The van der Waals surface area contributed by atoms with Crippen molar-refractivity contribution in [1.82, 2.24) is 19.5 Å². The van der Waals surface area contributed by atoms with Gasteiger partial charge in [0.2, 0.25) is 0 Å². The lowest BCUT2D eigenvalue weighted by Crippen LogP contribution is -2.20. The molecule has 30 heavy (non-hydrogen) atoms. The monoisotopic (exact) mass is 437 g/mol. The minimum Gasteiger partial charge on any atom is -0.350 e. The van der Waals surface area contributed by atoms with Gasteiger partial charge in [-0.25, -0.2) is 10.4 Å². The van der Waals surface area contributed by atoms with Crippen LogP contribution in [0.1, 0.15) is 11.3 Å². The number of hydrazone groups is 1. The van der Waals surface area contributed by atoms with Gasteiger partial charge in [0.1, 0.15) is 0 Å². The van der Waals surface area contributed by atoms with Crippen LogP contribution >= 0.6 is 23.4 Å². The molecule has 0 unspecified atom stereocenters. The largest absolute Gasteiger partial charge is 0.350 e. The number of carbonyl (C=O) groups is 1. The van der Waals surface area contributed by atoms with Gasteiger partial charge in [-0.1, -0.05) is 47.6 Å². The van der Waals surface area contributed by atoms with Crippen LogP contribution in [0.2, 0.25) is 5.02 Å². The van der Waals surface area contributed by atoms with Gasteiger partial charge in [0.05, 0.1) is 35.2 Å². The Kier molecular flexibility index (Phi) is 6.21. The minimum absolute atomic E-state index is 0.185. The van der Waals surface area contributed by atoms with E-state index in [0.29, 0.717) is 11.6 Å². The van der Waals surface area contributed by atoms with Crippen LogP contribution in [0.25, 0.3) is 11.0 Å². The summed E-state index contributed by atoms with van der Waals surface area (Å²) in [5, 5.41) is 5.52. The Morgan fingerprint density at radius 3 is 2.73 bits per heavy atom. The fraction of sp³-hybridized carbons (Fsp3) is 0.136. The highest BCUT2D eigenvalue weighted by atomic mass is 35.5. The number of nitrogens with zero attached hydrogens (tertiary/aromatic N) is 4. The molecule has 2 aromatic carbocycles. The number of para-hydroxylation sites is 2. The van der Waals surface area contributed by atoms with Gasteiger partial charge in [0.25, 0.3) is 5.91 Å². The maximum absolute atomic E-state index is 12.2. The van der Waals surface area contributed by atoms with E-state index in [-0.39, 0.29) is 11.7 Å². The Balaban J connectivity index is 1.46. The predicted molar refractivity (Wildman–Crippen MR) is 122 cm³/mol. The van der Waals surface area contributed by atoms with Crippen LogP contribution in [-0.4, -0.2) is 32.0 Å². The zero-order chi connectivity index (χ0) is 20.9. The van der Waals surface area contributed by atoms with Gasteiger partial charge < -0.3 is 9.13 Å². The number of amides is 1. The first-order valence-corrected chi connectivity index (χ1v) is 10.7. The van der Waals surface area contributed by atoms with Gasteiger partial charge >= 0.3 is 0 Å². The van der Waals surface area contributed by atoms with Crippen LogP contribution in [0.3, 0.4) is 0 Å². The van der Waals surface area contributed by atoms with E-state index < -0.39 is 0 Å². The molecule has 0 bridgehead atoms. The molecule has 0 aliphatic rings. The summed E-state index contributed by atoms with van der Waals surface area (Å²) in [6.45, 7) is 0.646. The average Bonchev–Trinajstić information content (AvgIpc) is 3.31. The fourth-order valence-corrected chi connectivity index (χ4v) is 3.96. The molecule has 0 spiro atoms. The Morgan fingerprint density at radius 2 is 1.97 bits per heavy atom. The standard InChI is InChI=1S/C22H20ClN5OS/c1-27-12-4-5-18(27)13-24-26-21(29)15-30-22-25-19-6-2-3-7-20(19)28(22)14-16-8-10-17(23)11-9-16/h2-13H,14-15H2,1H3,(H,26,29)/b24-13+. The molecule has 0 aliphatic heterocycles. The van der Waals surface area contributed by atoms with Crippen molar-refractivity contribution in [2.24, 2.45) is 12.1 Å². The lowest BCUT2D eigenvalue weighted by Gasteiger charge is -2.09. The normalized spacial score (nSPS) is 11.4. The molecule has 0 aliphatic carbocycles.